The Labute approximate surface area is 136 Å². The van der Waals surface area contributed by atoms with Crippen molar-refractivity contribution in [3.05, 3.63) is 42.9 Å². The summed E-state index contributed by atoms with van der Waals surface area (Å²) in [6.45, 7) is 1.26. The second kappa shape index (κ2) is 6.28. The monoisotopic (exact) mass is 322 g/mol. The molecule has 3 heterocycles. The van der Waals surface area contributed by atoms with Gasteiger partial charge in [-0.3, -0.25) is 5.10 Å². The van der Waals surface area contributed by atoms with Gasteiger partial charge >= 0.3 is 0 Å². The Bertz CT molecular complexity index is 929. The van der Waals surface area contributed by atoms with Crippen LogP contribution in [0.1, 0.15) is 0 Å². The zero-order chi connectivity index (χ0) is 16.2. The van der Waals surface area contributed by atoms with E-state index >= 15 is 0 Å². The second-order valence-electron chi connectivity index (χ2n) is 4.96. The fourth-order valence-electron chi connectivity index (χ4n) is 2.30. The van der Waals surface area contributed by atoms with E-state index in [0.29, 0.717) is 24.7 Å². The maximum atomic E-state index is 4.22. The van der Waals surface area contributed by atoms with Gasteiger partial charge in [-0.25, -0.2) is 9.97 Å². The number of aromatic amines is 1. The van der Waals surface area contributed by atoms with Gasteiger partial charge in [-0.1, -0.05) is 23.3 Å². The Balaban J connectivity index is 1.39. The first-order valence-corrected chi connectivity index (χ1v) is 7.37. The third-order valence-corrected chi connectivity index (χ3v) is 3.42. The highest BCUT2D eigenvalue weighted by Crippen LogP contribution is 2.15. The molecule has 0 unspecified atom stereocenters. The zero-order valence-electron chi connectivity index (χ0n) is 12.6. The number of benzene rings is 1. The average Bonchev–Trinajstić information content (AvgIpc) is 3.29. The highest BCUT2D eigenvalue weighted by molar-refractivity contribution is 5.85. The van der Waals surface area contributed by atoms with Gasteiger partial charge in [0, 0.05) is 13.1 Å². The van der Waals surface area contributed by atoms with E-state index in [1.54, 1.807) is 10.9 Å². The van der Waals surface area contributed by atoms with Crippen molar-refractivity contribution >= 4 is 22.8 Å². The van der Waals surface area contributed by atoms with E-state index in [0.717, 1.165) is 16.9 Å². The van der Waals surface area contributed by atoms with Crippen LogP contribution in [0.5, 0.6) is 0 Å². The van der Waals surface area contributed by atoms with Crippen LogP contribution in [-0.4, -0.2) is 53.5 Å². The third-order valence-electron chi connectivity index (χ3n) is 3.42. The Morgan fingerprint density at radius 3 is 2.83 bits per heavy atom. The van der Waals surface area contributed by atoms with Crippen LogP contribution in [0.3, 0.4) is 0 Å². The number of tetrazole rings is 1. The number of hydrogen-bond acceptors (Lipinski definition) is 8. The van der Waals surface area contributed by atoms with Crippen molar-refractivity contribution in [1.82, 2.24) is 40.4 Å². The fraction of sp³-hybridized carbons (Fsp3) is 0.143. The van der Waals surface area contributed by atoms with Crippen molar-refractivity contribution in [2.45, 2.75) is 0 Å². The highest BCUT2D eigenvalue weighted by atomic mass is 15.6. The number of fused-ring (bicyclic) bond motifs is 1. The number of nitrogens with one attached hydrogen (secondary N) is 3. The number of hydrogen-bond donors (Lipinski definition) is 3. The number of anilines is 2. The predicted molar refractivity (Wildman–Crippen MR) is 87.8 cm³/mol. The van der Waals surface area contributed by atoms with Crippen molar-refractivity contribution in [3.8, 4) is 5.69 Å². The molecule has 120 valence electrons. The van der Waals surface area contributed by atoms with Crippen LogP contribution in [0.4, 0.5) is 11.8 Å². The number of H-pyrrole nitrogens is 1. The molecule has 3 aromatic heterocycles. The van der Waals surface area contributed by atoms with Crippen LogP contribution in [-0.2, 0) is 0 Å². The zero-order valence-corrected chi connectivity index (χ0v) is 12.6. The molecular weight excluding hydrogens is 308 g/mol. The lowest BCUT2D eigenvalue weighted by molar-refractivity contribution is 0.789. The fourth-order valence-corrected chi connectivity index (χ4v) is 2.30. The van der Waals surface area contributed by atoms with Crippen molar-refractivity contribution in [1.29, 1.82) is 0 Å². The summed E-state index contributed by atoms with van der Waals surface area (Å²) in [5.74, 6) is 1.32. The second-order valence-corrected chi connectivity index (χ2v) is 4.96. The standard InChI is InChI=1S/C14H14N10/c1-2-4-10(5-3-1)24-14(21-22-23-24)16-7-6-15-12-11-8-19-20-13(11)18-9-17-12/h1-5,8-9H,6-7H2,(H,16,21,23)(H2,15,17,18,19,20). The van der Waals surface area contributed by atoms with E-state index in [9.17, 15) is 0 Å². The molecular formula is C14H14N10. The van der Waals surface area contributed by atoms with E-state index in [2.05, 4.69) is 46.3 Å². The van der Waals surface area contributed by atoms with Gasteiger partial charge in [0.2, 0.25) is 5.95 Å². The summed E-state index contributed by atoms with van der Waals surface area (Å²) >= 11 is 0. The maximum absolute atomic E-state index is 4.22. The summed E-state index contributed by atoms with van der Waals surface area (Å²) < 4.78 is 1.65. The first-order valence-electron chi connectivity index (χ1n) is 7.37. The number of rotatable bonds is 6. The minimum absolute atomic E-state index is 0.583. The summed E-state index contributed by atoms with van der Waals surface area (Å²) in [6, 6.07) is 9.71. The molecule has 4 aromatic rings. The first-order chi connectivity index (χ1) is 11.9. The molecule has 1 aromatic carbocycles. The van der Waals surface area contributed by atoms with Gasteiger partial charge in [0.15, 0.2) is 5.65 Å². The Hall–Kier alpha value is -3.56. The van der Waals surface area contributed by atoms with E-state index in [1.807, 2.05) is 30.3 Å². The Morgan fingerprint density at radius 2 is 1.92 bits per heavy atom. The lowest BCUT2D eigenvalue weighted by Gasteiger charge is -2.08. The number of aromatic nitrogens is 8. The van der Waals surface area contributed by atoms with Crippen LogP contribution in [0.2, 0.25) is 0 Å². The van der Waals surface area contributed by atoms with Crippen LogP contribution in [0, 0.1) is 0 Å². The van der Waals surface area contributed by atoms with Crippen LogP contribution in [0.15, 0.2) is 42.9 Å². The lowest BCUT2D eigenvalue weighted by atomic mass is 10.3. The normalized spacial score (nSPS) is 10.8. The molecule has 24 heavy (non-hydrogen) atoms. The molecule has 0 atom stereocenters. The van der Waals surface area contributed by atoms with Gasteiger partial charge in [-0.2, -0.15) is 9.78 Å². The predicted octanol–water partition coefficient (Wildman–Crippen LogP) is 0.853. The van der Waals surface area contributed by atoms with E-state index in [1.165, 1.54) is 6.33 Å². The topological polar surface area (TPSA) is 122 Å². The largest absolute Gasteiger partial charge is 0.368 e. The molecule has 4 rings (SSSR count). The molecule has 0 aliphatic rings. The summed E-state index contributed by atoms with van der Waals surface area (Å²) in [7, 11) is 0. The number of nitrogens with zero attached hydrogens (tertiary/aromatic N) is 7. The first kappa shape index (κ1) is 14.1. The molecule has 0 aliphatic carbocycles. The number of para-hydroxylation sites is 1. The Kier molecular flexibility index (Phi) is 3.68. The summed E-state index contributed by atoms with van der Waals surface area (Å²) in [5, 5.41) is 25.8. The van der Waals surface area contributed by atoms with Gasteiger partial charge in [0.1, 0.15) is 12.1 Å². The molecule has 0 saturated heterocycles. The van der Waals surface area contributed by atoms with Crippen molar-refractivity contribution in [2.24, 2.45) is 0 Å². The molecule has 0 bridgehead atoms. The highest BCUT2D eigenvalue weighted by Gasteiger charge is 2.07. The molecule has 0 fully saturated rings. The summed E-state index contributed by atoms with van der Waals surface area (Å²) in [5.41, 5.74) is 1.60. The average molecular weight is 322 g/mol. The molecule has 0 spiro atoms. The van der Waals surface area contributed by atoms with E-state index in [-0.39, 0.29) is 0 Å². The van der Waals surface area contributed by atoms with E-state index < -0.39 is 0 Å². The summed E-state index contributed by atoms with van der Waals surface area (Å²) in [6.07, 6.45) is 3.19. The van der Waals surface area contributed by atoms with Crippen molar-refractivity contribution < 1.29 is 0 Å². The minimum Gasteiger partial charge on any atom is -0.368 e. The molecule has 0 aliphatic heterocycles. The molecule has 0 saturated carbocycles. The van der Waals surface area contributed by atoms with Gasteiger partial charge < -0.3 is 10.6 Å². The molecule has 10 heteroatoms. The smallest absolute Gasteiger partial charge is 0.247 e. The minimum atomic E-state index is 0.583. The van der Waals surface area contributed by atoms with Gasteiger partial charge in [-0.15, -0.1) is 0 Å². The van der Waals surface area contributed by atoms with Crippen LogP contribution in [0.25, 0.3) is 16.7 Å². The SMILES string of the molecule is c1ccc(-n2nnnc2NCCNc2ncnc3[nH]ncc23)cc1. The van der Waals surface area contributed by atoms with Crippen molar-refractivity contribution in [3.63, 3.8) is 0 Å². The molecule has 3 N–H and O–H groups in total. The van der Waals surface area contributed by atoms with Crippen LogP contribution >= 0.6 is 0 Å². The lowest BCUT2D eigenvalue weighted by Crippen LogP contribution is -2.17. The maximum Gasteiger partial charge on any atom is 0.247 e. The van der Waals surface area contributed by atoms with Gasteiger partial charge in [0.05, 0.1) is 17.3 Å². The quantitative estimate of drug-likeness (QED) is 0.447. The summed E-state index contributed by atoms with van der Waals surface area (Å²) in [4.78, 5) is 8.32. The molecule has 10 nitrogen and oxygen atoms in total. The molecule has 0 amide bonds. The van der Waals surface area contributed by atoms with Crippen molar-refractivity contribution in [2.75, 3.05) is 23.7 Å². The van der Waals surface area contributed by atoms with Crippen LogP contribution < -0.4 is 10.6 Å². The third kappa shape index (κ3) is 2.72. The molecule has 0 radical (unpaired) electrons. The van der Waals surface area contributed by atoms with E-state index in [4.69, 9.17) is 0 Å². The van der Waals surface area contributed by atoms with Gasteiger partial charge in [0.25, 0.3) is 0 Å². The van der Waals surface area contributed by atoms with Gasteiger partial charge in [-0.05, 0) is 22.6 Å². The Morgan fingerprint density at radius 1 is 1.04 bits per heavy atom.